The van der Waals surface area contributed by atoms with E-state index in [0.29, 0.717) is 11.7 Å². The summed E-state index contributed by atoms with van der Waals surface area (Å²) in [6.07, 6.45) is 4.32. The van der Waals surface area contributed by atoms with Gasteiger partial charge in [-0.05, 0) is 34.8 Å². The Morgan fingerprint density at radius 3 is 2.72 bits per heavy atom. The number of hydrogen-bond donors (Lipinski definition) is 1. The van der Waals surface area contributed by atoms with Crippen molar-refractivity contribution in [3.05, 3.63) is 22.4 Å². The molecule has 94 valence electrons. The molecule has 0 aromatic carbocycles. The van der Waals surface area contributed by atoms with Crippen LogP contribution in [0.15, 0.2) is 16.7 Å². The summed E-state index contributed by atoms with van der Waals surface area (Å²) in [4.78, 5) is 9.15. The minimum atomic E-state index is 0.567. The lowest BCUT2D eigenvalue weighted by atomic mass is 10.2. The molecule has 2 aromatic rings. The molecule has 18 heavy (non-hydrogen) atoms. The number of nitrogens with zero attached hydrogens (tertiary/aromatic N) is 4. The van der Waals surface area contributed by atoms with E-state index in [1.807, 2.05) is 26.4 Å². The fourth-order valence-electron chi connectivity index (χ4n) is 1.91. The number of anilines is 1. The van der Waals surface area contributed by atoms with Gasteiger partial charge >= 0.3 is 0 Å². The van der Waals surface area contributed by atoms with Gasteiger partial charge in [0.15, 0.2) is 5.82 Å². The molecular weight excluding hydrogens is 294 g/mol. The largest absolute Gasteiger partial charge is 0.372 e. The molecule has 0 atom stereocenters. The molecule has 0 unspecified atom stereocenters. The Labute approximate surface area is 114 Å². The van der Waals surface area contributed by atoms with Crippen molar-refractivity contribution in [3.8, 4) is 11.5 Å². The van der Waals surface area contributed by atoms with Crippen molar-refractivity contribution < 1.29 is 0 Å². The molecule has 2 heterocycles. The monoisotopic (exact) mass is 307 g/mol. The Balaban J connectivity index is 2.12. The van der Waals surface area contributed by atoms with Gasteiger partial charge in [0, 0.05) is 26.2 Å². The first-order valence-corrected chi connectivity index (χ1v) is 6.73. The van der Waals surface area contributed by atoms with Gasteiger partial charge in [-0.1, -0.05) is 0 Å². The van der Waals surface area contributed by atoms with E-state index < -0.39 is 0 Å². The second-order valence-electron chi connectivity index (χ2n) is 4.49. The minimum Gasteiger partial charge on any atom is -0.372 e. The van der Waals surface area contributed by atoms with E-state index in [4.69, 9.17) is 0 Å². The van der Waals surface area contributed by atoms with Gasteiger partial charge in [0.05, 0.1) is 10.2 Å². The van der Waals surface area contributed by atoms with E-state index in [0.717, 1.165) is 21.7 Å². The van der Waals surface area contributed by atoms with Crippen molar-refractivity contribution in [1.82, 2.24) is 19.7 Å². The fourth-order valence-corrected chi connectivity index (χ4v) is 2.61. The molecule has 1 aliphatic rings. The lowest BCUT2D eigenvalue weighted by Crippen LogP contribution is -2.03. The first kappa shape index (κ1) is 11.6. The molecule has 1 saturated carbocycles. The summed E-state index contributed by atoms with van der Waals surface area (Å²) in [6.45, 7) is 0. The molecular formula is C12H14BrN5. The second-order valence-corrected chi connectivity index (χ2v) is 5.29. The standard InChI is InChI=1S/C12H14BrN5/c1-14-12-9(13)10(7-3-4-7)15-11(16-12)8-5-6-18(2)17-8/h5-7H,3-4H2,1-2H3,(H,14,15,16). The molecule has 1 fully saturated rings. The Kier molecular flexibility index (Phi) is 2.81. The highest BCUT2D eigenvalue weighted by Crippen LogP contribution is 2.44. The van der Waals surface area contributed by atoms with Gasteiger partial charge in [-0.2, -0.15) is 5.10 Å². The van der Waals surface area contributed by atoms with Crippen molar-refractivity contribution in [2.24, 2.45) is 7.05 Å². The van der Waals surface area contributed by atoms with Crippen molar-refractivity contribution >= 4 is 21.7 Å². The summed E-state index contributed by atoms with van der Waals surface area (Å²) in [6, 6.07) is 1.93. The smallest absolute Gasteiger partial charge is 0.182 e. The van der Waals surface area contributed by atoms with E-state index in [9.17, 15) is 0 Å². The van der Waals surface area contributed by atoms with Crippen LogP contribution in [0.2, 0.25) is 0 Å². The molecule has 1 N–H and O–H groups in total. The highest BCUT2D eigenvalue weighted by molar-refractivity contribution is 9.10. The van der Waals surface area contributed by atoms with Crippen LogP contribution in [0.5, 0.6) is 0 Å². The van der Waals surface area contributed by atoms with Gasteiger partial charge in [-0.25, -0.2) is 9.97 Å². The number of aromatic nitrogens is 4. The third-order valence-corrected chi connectivity index (χ3v) is 3.80. The molecule has 2 aromatic heterocycles. The van der Waals surface area contributed by atoms with Crippen LogP contribution in [-0.2, 0) is 7.05 Å². The van der Waals surface area contributed by atoms with Crippen LogP contribution in [0.1, 0.15) is 24.5 Å². The van der Waals surface area contributed by atoms with Gasteiger partial charge < -0.3 is 5.32 Å². The Morgan fingerprint density at radius 1 is 1.39 bits per heavy atom. The normalized spacial score (nSPS) is 14.8. The molecule has 0 bridgehead atoms. The van der Waals surface area contributed by atoms with Crippen LogP contribution in [0.4, 0.5) is 5.82 Å². The number of nitrogens with one attached hydrogen (secondary N) is 1. The molecule has 3 rings (SSSR count). The van der Waals surface area contributed by atoms with Crippen molar-refractivity contribution in [3.63, 3.8) is 0 Å². The Morgan fingerprint density at radius 2 is 2.17 bits per heavy atom. The highest BCUT2D eigenvalue weighted by atomic mass is 79.9. The van der Waals surface area contributed by atoms with Crippen LogP contribution < -0.4 is 5.32 Å². The lowest BCUT2D eigenvalue weighted by Gasteiger charge is -2.09. The van der Waals surface area contributed by atoms with E-state index in [2.05, 4.69) is 36.3 Å². The summed E-state index contributed by atoms with van der Waals surface area (Å²) in [5, 5.41) is 7.46. The first-order chi connectivity index (χ1) is 8.69. The van der Waals surface area contributed by atoms with E-state index >= 15 is 0 Å². The van der Waals surface area contributed by atoms with Gasteiger partial charge in [0.2, 0.25) is 0 Å². The zero-order chi connectivity index (χ0) is 12.7. The Bertz CT molecular complexity index is 588. The summed E-state index contributed by atoms with van der Waals surface area (Å²) in [7, 11) is 3.76. The zero-order valence-corrected chi connectivity index (χ0v) is 11.9. The maximum atomic E-state index is 4.65. The van der Waals surface area contributed by atoms with Crippen LogP contribution in [0.3, 0.4) is 0 Å². The van der Waals surface area contributed by atoms with E-state index in [-0.39, 0.29) is 0 Å². The molecule has 6 heteroatoms. The summed E-state index contributed by atoms with van der Waals surface area (Å²) in [5.41, 5.74) is 1.90. The molecule has 1 aliphatic carbocycles. The van der Waals surface area contributed by atoms with Gasteiger partial charge in [0.1, 0.15) is 11.5 Å². The van der Waals surface area contributed by atoms with Crippen molar-refractivity contribution in [1.29, 1.82) is 0 Å². The molecule has 0 aliphatic heterocycles. The number of hydrogen-bond acceptors (Lipinski definition) is 4. The van der Waals surface area contributed by atoms with E-state index in [1.54, 1.807) is 4.68 Å². The van der Waals surface area contributed by atoms with Gasteiger partial charge in [-0.15, -0.1) is 0 Å². The second kappa shape index (κ2) is 4.35. The first-order valence-electron chi connectivity index (χ1n) is 5.94. The average Bonchev–Trinajstić information content (AvgIpc) is 3.12. The maximum Gasteiger partial charge on any atom is 0.182 e. The zero-order valence-electron chi connectivity index (χ0n) is 10.3. The fraction of sp³-hybridized carbons (Fsp3) is 0.417. The molecule has 0 amide bonds. The molecule has 0 spiro atoms. The lowest BCUT2D eigenvalue weighted by molar-refractivity contribution is 0.768. The predicted molar refractivity (Wildman–Crippen MR) is 73.5 cm³/mol. The quantitative estimate of drug-likeness (QED) is 0.947. The van der Waals surface area contributed by atoms with E-state index in [1.165, 1.54) is 12.8 Å². The number of rotatable bonds is 3. The maximum absolute atomic E-state index is 4.65. The SMILES string of the molecule is CNc1nc(-c2ccn(C)n2)nc(C2CC2)c1Br. The number of aryl methyl sites for hydroxylation is 1. The summed E-state index contributed by atoms with van der Waals surface area (Å²) in [5.74, 6) is 2.08. The predicted octanol–water partition coefficient (Wildman–Crippen LogP) is 2.56. The third kappa shape index (κ3) is 2.01. The summed E-state index contributed by atoms with van der Waals surface area (Å²) >= 11 is 3.58. The van der Waals surface area contributed by atoms with Crippen LogP contribution in [-0.4, -0.2) is 26.8 Å². The number of halogens is 1. The van der Waals surface area contributed by atoms with Crippen LogP contribution >= 0.6 is 15.9 Å². The molecule has 5 nitrogen and oxygen atoms in total. The van der Waals surface area contributed by atoms with Crippen molar-refractivity contribution in [2.75, 3.05) is 12.4 Å². The Hall–Kier alpha value is -1.43. The minimum absolute atomic E-state index is 0.567. The van der Waals surface area contributed by atoms with Crippen LogP contribution in [0.25, 0.3) is 11.5 Å². The molecule has 0 radical (unpaired) electrons. The van der Waals surface area contributed by atoms with Gasteiger partial charge in [-0.3, -0.25) is 4.68 Å². The topological polar surface area (TPSA) is 55.6 Å². The molecule has 0 saturated heterocycles. The van der Waals surface area contributed by atoms with Gasteiger partial charge in [0.25, 0.3) is 0 Å². The third-order valence-electron chi connectivity index (χ3n) is 3.02. The summed E-state index contributed by atoms with van der Waals surface area (Å²) < 4.78 is 2.74. The van der Waals surface area contributed by atoms with Crippen LogP contribution in [0, 0.1) is 0 Å². The van der Waals surface area contributed by atoms with Crippen molar-refractivity contribution in [2.45, 2.75) is 18.8 Å². The highest BCUT2D eigenvalue weighted by Gasteiger charge is 2.29. The average molecular weight is 308 g/mol.